The molecule has 9 heteroatoms. The first-order valence-corrected chi connectivity index (χ1v) is 11.6. The van der Waals surface area contributed by atoms with Crippen molar-refractivity contribution < 1.29 is 9.53 Å². The maximum absolute atomic E-state index is 13.9. The summed E-state index contributed by atoms with van der Waals surface area (Å²) >= 11 is 0. The van der Waals surface area contributed by atoms with Crippen molar-refractivity contribution in [1.29, 1.82) is 0 Å². The van der Waals surface area contributed by atoms with Crippen LogP contribution >= 0.6 is 0 Å². The summed E-state index contributed by atoms with van der Waals surface area (Å²) in [5.41, 5.74) is 13.1. The number of carbonyl (C=O) groups is 1. The van der Waals surface area contributed by atoms with Gasteiger partial charge in [-0.05, 0) is 44.4 Å². The molecule has 0 saturated heterocycles. The number of nitrogens with zero attached hydrogens (tertiary/aromatic N) is 6. The maximum atomic E-state index is 13.9. The van der Waals surface area contributed by atoms with E-state index in [9.17, 15) is 4.79 Å². The Bertz CT molecular complexity index is 1450. The van der Waals surface area contributed by atoms with Crippen LogP contribution in [0.25, 0.3) is 16.9 Å². The monoisotopic (exact) mass is 457 g/mol. The average molecular weight is 458 g/mol. The molecule has 3 aromatic heterocycles. The van der Waals surface area contributed by atoms with E-state index in [0.717, 1.165) is 46.8 Å². The summed E-state index contributed by atoms with van der Waals surface area (Å²) in [5, 5.41) is 4.32. The molecule has 174 valence electrons. The Morgan fingerprint density at radius 2 is 2.00 bits per heavy atom. The van der Waals surface area contributed by atoms with Crippen LogP contribution in [0.2, 0.25) is 0 Å². The fourth-order valence-electron chi connectivity index (χ4n) is 4.99. The molecule has 0 bridgehead atoms. The van der Waals surface area contributed by atoms with Crippen molar-refractivity contribution in [2.45, 2.75) is 45.7 Å². The van der Waals surface area contributed by atoms with Crippen molar-refractivity contribution in [1.82, 2.24) is 29.2 Å². The molecule has 0 unspecified atom stereocenters. The van der Waals surface area contributed by atoms with Crippen LogP contribution in [0.5, 0.6) is 5.75 Å². The molecule has 1 aliphatic carbocycles. The minimum Gasteiger partial charge on any atom is -0.496 e. The highest BCUT2D eigenvalue weighted by Crippen LogP contribution is 2.41. The normalized spacial score (nSPS) is 15.6. The van der Waals surface area contributed by atoms with Gasteiger partial charge in [0.05, 0.1) is 43.5 Å². The number of aromatic nitrogens is 5. The zero-order chi connectivity index (χ0) is 23.6. The summed E-state index contributed by atoms with van der Waals surface area (Å²) in [6, 6.07) is 5.88. The van der Waals surface area contributed by atoms with Gasteiger partial charge >= 0.3 is 0 Å². The largest absolute Gasteiger partial charge is 0.496 e. The van der Waals surface area contributed by atoms with Gasteiger partial charge in [-0.1, -0.05) is 6.07 Å². The number of nitrogen functional groups attached to an aromatic ring is 1. The van der Waals surface area contributed by atoms with Gasteiger partial charge in [0.15, 0.2) is 5.65 Å². The number of hydrogen-bond acceptors (Lipinski definition) is 6. The predicted molar refractivity (Wildman–Crippen MR) is 128 cm³/mol. The Morgan fingerprint density at radius 3 is 2.76 bits per heavy atom. The lowest BCUT2D eigenvalue weighted by molar-refractivity contribution is 0.0709. The molecule has 4 aromatic rings. The number of methoxy groups -OCH3 is 1. The van der Waals surface area contributed by atoms with Gasteiger partial charge in [-0.2, -0.15) is 5.10 Å². The van der Waals surface area contributed by atoms with Crippen molar-refractivity contribution in [3.8, 4) is 11.4 Å². The number of aryl methyl sites for hydroxylation is 1. The van der Waals surface area contributed by atoms with Gasteiger partial charge in [-0.15, -0.1) is 0 Å². The second-order valence-corrected chi connectivity index (χ2v) is 9.17. The molecule has 0 spiro atoms. The summed E-state index contributed by atoms with van der Waals surface area (Å²) in [7, 11) is 1.65. The Morgan fingerprint density at radius 1 is 1.18 bits per heavy atom. The van der Waals surface area contributed by atoms with E-state index < -0.39 is 0 Å². The third-order valence-electron chi connectivity index (χ3n) is 6.98. The lowest BCUT2D eigenvalue weighted by Gasteiger charge is -2.27. The van der Waals surface area contributed by atoms with E-state index in [0.29, 0.717) is 48.1 Å². The van der Waals surface area contributed by atoms with Gasteiger partial charge in [0, 0.05) is 24.2 Å². The number of fused-ring (bicyclic) bond motifs is 2. The van der Waals surface area contributed by atoms with Gasteiger partial charge < -0.3 is 15.4 Å². The lowest BCUT2D eigenvalue weighted by atomic mass is 10.1. The van der Waals surface area contributed by atoms with Crippen molar-refractivity contribution in [3.05, 3.63) is 58.7 Å². The van der Waals surface area contributed by atoms with E-state index in [4.69, 9.17) is 20.4 Å². The van der Waals surface area contributed by atoms with Crippen LogP contribution in [0, 0.1) is 13.8 Å². The minimum atomic E-state index is -0.130. The number of hydrogen-bond donors (Lipinski definition) is 1. The van der Waals surface area contributed by atoms with Crippen LogP contribution in [0.3, 0.4) is 0 Å². The first-order valence-electron chi connectivity index (χ1n) is 11.6. The zero-order valence-corrected chi connectivity index (χ0v) is 19.6. The zero-order valence-electron chi connectivity index (χ0n) is 19.6. The highest BCUT2D eigenvalue weighted by Gasteiger charge is 2.33. The van der Waals surface area contributed by atoms with Gasteiger partial charge in [-0.25, -0.2) is 9.97 Å². The molecule has 2 N–H and O–H groups in total. The van der Waals surface area contributed by atoms with E-state index in [-0.39, 0.29) is 5.91 Å². The average Bonchev–Trinajstić information content (AvgIpc) is 3.51. The molecular weight excluding hydrogens is 430 g/mol. The highest BCUT2D eigenvalue weighted by atomic mass is 16.5. The Labute approximate surface area is 197 Å². The first-order chi connectivity index (χ1) is 16.5. The smallest absolute Gasteiger partial charge is 0.260 e. The Balaban J connectivity index is 1.56. The minimum absolute atomic E-state index is 0.130. The van der Waals surface area contributed by atoms with Crippen LogP contribution in [0.4, 0.5) is 5.82 Å². The number of carbonyl (C=O) groups excluding carboxylic acids is 1. The number of ether oxygens (including phenoxy) is 1. The summed E-state index contributed by atoms with van der Waals surface area (Å²) in [6.45, 7) is 5.71. The summed E-state index contributed by atoms with van der Waals surface area (Å²) in [4.78, 5) is 25.5. The fraction of sp³-hybridized carbons (Fsp3) is 0.360. The molecule has 1 saturated carbocycles. The summed E-state index contributed by atoms with van der Waals surface area (Å²) < 4.78 is 9.38. The number of nitrogens with two attached hydrogens (primary N) is 1. The molecule has 0 atom stereocenters. The van der Waals surface area contributed by atoms with Gasteiger partial charge in [0.25, 0.3) is 5.91 Å². The number of benzene rings is 1. The van der Waals surface area contributed by atoms with Crippen molar-refractivity contribution in [2.24, 2.45) is 0 Å². The van der Waals surface area contributed by atoms with E-state index in [1.54, 1.807) is 13.3 Å². The highest BCUT2D eigenvalue weighted by molar-refractivity contribution is 6.10. The van der Waals surface area contributed by atoms with Gasteiger partial charge in [-0.3, -0.25) is 14.0 Å². The molecule has 1 fully saturated rings. The van der Waals surface area contributed by atoms with Crippen LogP contribution in [-0.4, -0.2) is 48.8 Å². The van der Waals surface area contributed by atoms with Crippen LogP contribution in [0.15, 0.2) is 30.6 Å². The van der Waals surface area contributed by atoms with E-state index in [1.165, 1.54) is 0 Å². The van der Waals surface area contributed by atoms with Crippen molar-refractivity contribution in [3.63, 3.8) is 0 Å². The van der Waals surface area contributed by atoms with Crippen LogP contribution < -0.4 is 10.5 Å². The molecule has 1 aromatic carbocycles. The summed E-state index contributed by atoms with van der Waals surface area (Å²) in [5.74, 6) is 1.39. The molecule has 9 nitrogen and oxygen atoms in total. The van der Waals surface area contributed by atoms with Crippen LogP contribution in [0.1, 0.15) is 51.6 Å². The molecule has 34 heavy (non-hydrogen) atoms. The van der Waals surface area contributed by atoms with Crippen molar-refractivity contribution in [2.75, 3.05) is 19.4 Å². The molecule has 6 rings (SSSR count). The molecule has 0 radical (unpaired) electrons. The topological polar surface area (TPSA) is 104 Å². The van der Waals surface area contributed by atoms with Crippen LogP contribution in [-0.2, 0) is 13.1 Å². The molecule has 1 aliphatic heterocycles. The van der Waals surface area contributed by atoms with E-state index in [1.807, 2.05) is 52.4 Å². The van der Waals surface area contributed by atoms with Crippen molar-refractivity contribution >= 4 is 22.9 Å². The predicted octanol–water partition coefficient (Wildman–Crippen LogP) is 3.36. The molecular formula is C25H27N7O2. The first kappa shape index (κ1) is 20.7. The second-order valence-electron chi connectivity index (χ2n) is 9.17. The standard InChI is InChI=1S/C25H27N7O2/c1-14-4-7-19(34-3)15(2)22(14)32-23(26)20(21-24(32)27-12-18(29-21)16-5-6-16)25(33)30-10-11-31-17(13-30)8-9-28-31/h4,7-9,12,16H,5-6,10-11,13,26H2,1-3H3. The molecule has 2 aliphatic rings. The molecule has 4 heterocycles. The lowest BCUT2D eigenvalue weighted by Crippen LogP contribution is -2.38. The van der Waals surface area contributed by atoms with E-state index in [2.05, 4.69) is 5.10 Å². The fourth-order valence-corrected chi connectivity index (χ4v) is 4.99. The number of rotatable bonds is 4. The summed E-state index contributed by atoms with van der Waals surface area (Å²) in [6.07, 6.45) is 5.80. The molecule has 1 amide bonds. The van der Waals surface area contributed by atoms with Gasteiger partial charge in [0.2, 0.25) is 0 Å². The third-order valence-corrected chi connectivity index (χ3v) is 6.98. The van der Waals surface area contributed by atoms with Gasteiger partial charge in [0.1, 0.15) is 22.6 Å². The quantitative estimate of drug-likeness (QED) is 0.504. The number of anilines is 1. The second kappa shape index (κ2) is 7.58. The van der Waals surface area contributed by atoms with E-state index >= 15 is 0 Å². The third kappa shape index (κ3) is 3.07. The number of amides is 1. The maximum Gasteiger partial charge on any atom is 0.260 e. The SMILES string of the molecule is COc1ccc(C)c(-n2c(N)c(C(=O)N3CCn4nccc4C3)c3nc(C4CC4)cnc32)c1C. The Hall–Kier alpha value is -3.88. The Kier molecular flexibility index (Phi) is 4.62.